The Morgan fingerprint density at radius 1 is 1.27 bits per heavy atom. The molecule has 1 rings (SSSR count). The summed E-state index contributed by atoms with van der Waals surface area (Å²) < 4.78 is 12.7. The molecule has 22 heavy (non-hydrogen) atoms. The van der Waals surface area contributed by atoms with Crippen LogP contribution in [0.5, 0.6) is 0 Å². The molecule has 130 valence electrons. The summed E-state index contributed by atoms with van der Waals surface area (Å²) in [6.07, 6.45) is 6.83. The van der Waals surface area contributed by atoms with Crippen LogP contribution in [-0.4, -0.2) is 27.1 Å². The van der Waals surface area contributed by atoms with Gasteiger partial charge in [-0.05, 0) is 48.9 Å². The Bertz CT molecular complexity index is 381. The van der Waals surface area contributed by atoms with E-state index in [0.29, 0.717) is 5.92 Å². The fraction of sp³-hybridized carbons (Fsp3) is 0.895. The number of hydrogen-bond donors (Lipinski definition) is 0. The van der Waals surface area contributed by atoms with E-state index in [0.717, 1.165) is 38.9 Å². The van der Waals surface area contributed by atoms with Crippen molar-refractivity contribution in [2.24, 2.45) is 5.92 Å². The van der Waals surface area contributed by atoms with Crippen molar-refractivity contribution < 1.29 is 9.16 Å². The molecule has 0 spiro atoms. The summed E-state index contributed by atoms with van der Waals surface area (Å²) in [6, 6.07) is 0. The first kappa shape index (κ1) is 19.9. The Balaban J connectivity index is 2.68. The van der Waals surface area contributed by atoms with Gasteiger partial charge in [-0.2, -0.15) is 0 Å². The predicted octanol–water partition coefficient (Wildman–Crippen LogP) is 5.94. The SMILES string of the molecule is CCC1=C[C@@](CC)(C[C@@H](CC)CO[Si](C)(C)C(C)(C)C)OC1. The average molecular weight is 327 g/mol. The van der Waals surface area contributed by atoms with Gasteiger partial charge in [-0.3, -0.25) is 0 Å². The Kier molecular flexibility index (Phi) is 6.91. The van der Waals surface area contributed by atoms with E-state index in [2.05, 4.69) is 60.7 Å². The lowest BCUT2D eigenvalue weighted by atomic mass is 9.86. The molecule has 0 saturated heterocycles. The molecule has 0 fully saturated rings. The van der Waals surface area contributed by atoms with E-state index in [4.69, 9.17) is 9.16 Å². The van der Waals surface area contributed by atoms with Gasteiger partial charge in [0.05, 0.1) is 12.2 Å². The van der Waals surface area contributed by atoms with E-state index < -0.39 is 8.32 Å². The summed E-state index contributed by atoms with van der Waals surface area (Å²) in [5.74, 6) is 0.585. The van der Waals surface area contributed by atoms with E-state index in [1.807, 2.05) is 0 Å². The normalized spacial score (nSPS) is 24.5. The van der Waals surface area contributed by atoms with Gasteiger partial charge >= 0.3 is 0 Å². The molecule has 1 aliphatic rings. The van der Waals surface area contributed by atoms with Gasteiger partial charge in [0.2, 0.25) is 0 Å². The number of ether oxygens (including phenoxy) is 1. The first-order valence-electron chi connectivity index (χ1n) is 9.07. The minimum absolute atomic E-state index is 0.0389. The van der Waals surface area contributed by atoms with Gasteiger partial charge in [0.25, 0.3) is 0 Å². The lowest BCUT2D eigenvalue weighted by Gasteiger charge is -2.38. The smallest absolute Gasteiger partial charge is 0.191 e. The molecule has 0 aromatic heterocycles. The lowest BCUT2D eigenvalue weighted by molar-refractivity contribution is -0.00457. The third-order valence-electron chi connectivity index (χ3n) is 5.76. The molecule has 0 N–H and O–H groups in total. The van der Waals surface area contributed by atoms with E-state index in [1.54, 1.807) is 0 Å². The number of rotatable bonds is 8. The Labute approximate surface area is 139 Å². The van der Waals surface area contributed by atoms with Crippen LogP contribution in [0, 0.1) is 5.92 Å². The van der Waals surface area contributed by atoms with E-state index in [1.165, 1.54) is 5.57 Å². The minimum Gasteiger partial charge on any atom is -0.417 e. The van der Waals surface area contributed by atoms with Crippen LogP contribution in [0.25, 0.3) is 0 Å². The standard InChI is InChI=1S/C19H38O2Si/c1-9-16-12-19(11-3,20-14-16)13-17(10-2)15-21-22(7,8)18(4,5)6/h12,17H,9-11,13-15H2,1-8H3/t17-,19+/m1/s1. The second kappa shape index (κ2) is 7.63. The van der Waals surface area contributed by atoms with Gasteiger partial charge < -0.3 is 9.16 Å². The third kappa shape index (κ3) is 4.94. The van der Waals surface area contributed by atoms with Gasteiger partial charge in [-0.15, -0.1) is 0 Å². The highest BCUT2D eigenvalue weighted by atomic mass is 28.4. The fourth-order valence-corrected chi connectivity index (χ4v) is 3.80. The quantitative estimate of drug-likeness (QED) is 0.406. The van der Waals surface area contributed by atoms with Crippen LogP contribution in [0.15, 0.2) is 11.6 Å². The molecule has 0 aromatic rings. The maximum atomic E-state index is 6.46. The van der Waals surface area contributed by atoms with Crippen molar-refractivity contribution in [3.05, 3.63) is 11.6 Å². The molecule has 0 radical (unpaired) electrons. The van der Waals surface area contributed by atoms with Gasteiger partial charge in [-0.25, -0.2) is 0 Å². The van der Waals surface area contributed by atoms with Crippen LogP contribution < -0.4 is 0 Å². The van der Waals surface area contributed by atoms with Crippen LogP contribution in [-0.2, 0) is 9.16 Å². The first-order chi connectivity index (χ1) is 10.1. The van der Waals surface area contributed by atoms with Crippen LogP contribution in [0.4, 0.5) is 0 Å². The molecular weight excluding hydrogens is 288 g/mol. The molecule has 1 heterocycles. The van der Waals surface area contributed by atoms with Gasteiger partial charge in [0.1, 0.15) is 0 Å². The first-order valence-corrected chi connectivity index (χ1v) is 12.0. The van der Waals surface area contributed by atoms with Crippen molar-refractivity contribution in [3.8, 4) is 0 Å². The Morgan fingerprint density at radius 2 is 1.91 bits per heavy atom. The highest BCUT2D eigenvalue weighted by molar-refractivity contribution is 6.74. The summed E-state index contributed by atoms with van der Waals surface area (Å²) in [5, 5.41) is 0.285. The highest BCUT2D eigenvalue weighted by Gasteiger charge is 2.39. The fourth-order valence-electron chi connectivity index (χ4n) is 2.71. The number of hydrogen-bond acceptors (Lipinski definition) is 2. The molecule has 3 heteroatoms. The Hall–Kier alpha value is -0.123. The zero-order valence-electron chi connectivity index (χ0n) is 16.2. The van der Waals surface area contributed by atoms with Gasteiger partial charge in [-0.1, -0.05) is 54.0 Å². The molecule has 1 aliphatic heterocycles. The minimum atomic E-state index is -1.65. The zero-order chi connectivity index (χ0) is 17.0. The molecule has 0 aromatic carbocycles. The second-order valence-electron chi connectivity index (χ2n) is 8.41. The van der Waals surface area contributed by atoms with Crippen molar-refractivity contribution in [2.45, 2.75) is 91.0 Å². The lowest BCUT2D eigenvalue weighted by Crippen LogP contribution is -2.42. The zero-order valence-corrected chi connectivity index (χ0v) is 17.2. The van der Waals surface area contributed by atoms with Crippen molar-refractivity contribution >= 4 is 8.32 Å². The summed E-state index contributed by atoms with van der Waals surface area (Å²) in [4.78, 5) is 0. The molecule has 0 amide bonds. The summed E-state index contributed by atoms with van der Waals surface area (Å²) in [7, 11) is -1.65. The maximum absolute atomic E-state index is 6.46. The van der Waals surface area contributed by atoms with Crippen molar-refractivity contribution in [1.82, 2.24) is 0 Å². The largest absolute Gasteiger partial charge is 0.417 e. The summed E-state index contributed by atoms with van der Waals surface area (Å²) in [6.45, 7) is 20.1. The Morgan fingerprint density at radius 3 is 2.32 bits per heavy atom. The maximum Gasteiger partial charge on any atom is 0.191 e. The van der Waals surface area contributed by atoms with E-state index >= 15 is 0 Å². The second-order valence-corrected chi connectivity index (χ2v) is 13.2. The molecule has 2 nitrogen and oxygen atoms in total. The molecule has 2 atom stereocenters. The van der Waals surface area contributed by atoms with Crippen LogP contribution in [0.3, 0.4) is 0 Å². The van der Waals surface area contributed by atoms with Crippen LogP contribution >= 0.6 is 0 Å². The summed E-state index contributed by atoms with van der Waals surface area (Å²) in [5.41, 5.74) is 1.42. The van der Waals surface area contributed by atoms with Crippen molar-refractivity contribution in [2.75, 3.05) is 13.2 Å². The molecule has 0 unspecified atom stereocenters. The molecule has 0 aliphatic carbocycles. The molecule has 0 saturated carbocycles. The topological polar surface area (TPSA) is 18.5 Å². The highest BCUT2D eigenvalue weighted by Crippen LogP contribution is 2.39. The summed E-state index contributed by atoms with van der Waals surface area (Å²) >= 11 is 0. The molecular formula is C19H38O2Si. The van der Waals surface area contributed by atoms with Crippen molar-refractivity contribution in [3.63, 3.8) is 0 Å². The third-order valence-corrected chi connectivity index (χ3v) is 10.3. The van der Waals surface area contributed by atoms with E-state index in [9.17, 15) is 0 Å². The predicted molar refractivity (Wildman–Crippen MR) is 98.9 cm³/mol. The van der Waals surface area contributed by atoms with Crippen LogP contribution in [0.2, 0.25) is 18.1 Å². The monoisotopic (exact) mass is 326 g/mol. The average Bonchev–Trinajstić information content (AvgIpc) is 2.86. The van der Waals surface area contributed by atoms with Gasteiger partial charge in [0, 0.05) is 6.61 Å². The van der Waals surface area contributed by atoms with E-state index in [-0.39, 0.29) is 10.6 Å². The van der Waals surface area contributed by atoms with Gasteiger partial charge in [0.15, 0.2) is 8.32 Å². The van der Waals surface area contributed by atoms with Crippen molar-refractivity contribution in [1.29, 1.82) is 0 Å². The molecule has 0 bridgehead atoms. The van der Waals surface area contributed by atoms with Crippen LogP contribution in [0.1, 0.15) is 67.2 Å².